The second kappa shape index (κ2) is 5.14. The SMILES string of the molecule is CCn1cncc1Cn1ncc(Br)c(Br)c1=O. The third kappa shape index (κ3) is 2.50. The summed E-state index contributed by atoms with van der Waals surface area (Å²) >= 11 is 6.47. The summed E-state index contributed by atoms with van der Waals surface area (Å²) < 4.78 is 4.51. The fourth-order valence-corrected chi connectivity index (χ4v) is 2.04. The summed E-state index contributed by atoms with van der Waals surface area (Å²) in [6, 6.07) is 0. The molecule has 0 unspecified atom stereocenters. The average molecular weight is 362 g/mol. The number of aromatic nitrogens is 4. The number of rotatable bonds is 3. The quantitative estimate of drug-likeness (QED) is 0.840. The molecule has 0 radical (unpaired) electrons. The van der Waals surface area contributed by atoms with Crippen LogP contribution in [-0.2, 0) is 13.1 Å². The van der Waals surface area contributed by atoms with Gasteiger partial charge in [0.25, 0.3) is 5.56 Å². The molecule has 5 nitrogen and oxygen atoms in total. The van der Waals surface area contributed by atoms with Crippen LogP contribution in [0.2, 0.25) is 0 Å². The summed E-state index contributed by atoms with van der Waals surface area (Å²) in [6.07, 6.45) is 5.08. The molecule has 0 saturated heterocycles. The molecule has 7 heteroatoms. The Labute approximate surface area is 115 Å². The monoisotopic (exact) mass is 360 g/mol. The molecule has 0 saturated carbocycles. The minimum Gasteiger partial charge on any atom is -0.333 e. The number of nitrogens with zero attached hydrogens (tertiary/aromatic N) is 4. The van der Waals surface area contributed by atoms with Crippen LogP contribution in [0, 0.1) is 0 Å². The Morgan fingerprint density at radius 1 is 1.35 bits per heavy atom. The van der Waals surface area contributed by atoms with E-state index in [1.165, 1.54) is 4.68 Å². The summed E-state index contributed by atoms with van der Waals surface area (Å²) in [5.41, 5.74) is 0.791. The van der Waals surface area contributed by atoms with Crippen molar-refractivity contribution >= 4 is 31.9 Å². The molecule has 2 aromatic rings. The maximum atomic E-state index is 11.9. The average Bonchev–Trinajstić information content (AvgIpc) is 2.77. The van der Waals surface area contributed by atoms with Gasteiger partial charge >= 0.3 is 0 Å². The van der Waals surface area contributed by atoms with Gasteiger partial charge in [0.1, 0.15) is 4.47 Å². The fourth-order valence-electron chi connectivity index (χ4n) is 1.48. The van der Waals surface area contributed by atoms with Gasteiger partial charge in [-0.2, -0.15) is 5.10 Å². The second-order valence-electron chi connectivity index (χ2n) is 3.44. The Kier molecular flexibility index (Phi) is 3.78. The van der Waals surface area contributed by atoms with Crippen LogP contribution in [0.4, 0.5) is 0 Å². The lowest BCUT2D eigenvalue weighted by Crippen LogP contribution is -2.25. The standard InChI is InChI=1S/C10H10Br2N4O/c1-2-15-6-13-3-7(15)5-16-10(17)9(12)8(11)4-14-16/h3-4,6H,2,5H2,1H3. The molecular weight excluding hydrogens is 352 g/mol. The largest absolute Gasteiger partial charge is 0.333 e. The minimum atomic E-state index is -0.164. The molecule has 0 fully saturated rings. The highest BCUT2D eigenvalue weighted by Gasteiger charge is 2.08. The number of imidazole rings is 1. The summed E-state index contributed by atoms with van der Waals surface area (Å²) in [6.45, 7) is 3.26. The molecule has 17 heavy (non-hydrogen) atoms. The molecular formula is C10H10Br2N4O. The smallest absolute Gasteiger partial charge is 0.282 e. The van der Waals surface area contributed by atoms with Gasteiger partial charge in [-0.1, -0.05) is 0 Å². The zero-order chi connectivity index (χ0) is 12.4. The highest BCUT2D eigenvalue weighted by Crippen LogP contribution is 2.16. The molecule has 0 atom stereocenters. The zero-order valence-electron chi connectivity index (χ0n) is 9.10. The van der Waals surface area contributed by atoms with Crippen molar-refractivity contribution in [3.63, 3.8) is 0 Å². The van der Waals surface area contributed by atoms with Crippen LogP contribution >= 0.6 is 31.9 Å². The Morgan fingerprint density at radius 3 is 2.82 bits per heavy atom. The van der Waals surface area contributed by atoms with Crippen LogP contribution < -0.4 is 5.56 Å². The van der Waals surface area contributed by atoms with E-state index in [9.17, 15) is 4.79 Å². The Balaban J connectivity index is 2.37. The van der Waals surface area contributed by atoms with E-state index in [4.69, 9.17) is 0 Å². The van der Waals surface area contributed by atoms with Gasteiger partial charge in [0, 0.05) is 6.54 Å². The van der Waals surface area contributed by atoms with E-state index in [0.717, 1.165) is 12.2 Å². The normalized spacial score (nSPS) is 10.8. The van der Waals surface area contributed by atoms with Gasteiger partial charge in [-0.25, -0.2) is 9.67 Å². The second-order valence-corrected chi connectivity index (χ2v) is 5.09. The van der Waals surface area contributed by atoms with Gasteiger partial charge in [-0.3, -0.25) is 4.79 Å². The highest BCUT2D eigenvalue weighted by molar-refractivity contribution is 9.13. The first kappa shape index (κ1) is 12.5. The molecule has 0 bridgehead atoms. The number of hydrogen-bond acceptors (Lipinski definition) is 3. The van der Waals surface area contributed by atoms with Crippen molar-refractivity contribution < 1.29 is 0 Å². The maximum Gasteiger partial charge on any atom is 0.282 e. The minimum absolute atomic E-state index is 0.164. The zero-order valence-corrected chi connectivity index (χ0v) is 12.3. The van der Waals surface area contributed by atoms with Gasteiger partial charge in [0.15, 0.2) is 0 Å². The molecule has 0 aromatic carbocycles. The van der Waals surface area contributed by atoms with Gasteiger partial charge < -0.3 is 4.57 Å². The molecule has 0 spiro atoms. The Bertz CT molecular complexity index is 590. The lowest BCUT2D eigenvalue weighted by Gasteiger charge is -2.07. The molecule has 2 rings (SSSR count). The molecule has 2 aromatic heterocycles. The lowest BCUT2D eigenvalue weighted by molar-refractivity contribution is 0.589. The van der Waals surface area contributed by atoms with Crippen LogP contribution in [0.15, 0.2) is 32.5 Å². The summed E-state index contributed by atoms with van der Waals surface area (Å²) in [7, 11) is 0. The van der Waals surface area contributed by atoms with Crippen LogP contribution in [0.5, 0.6) is 0 Å². The topological polar surface area (TPSA) is 52.7 Å². The Hall–Kier alpha value is -0.950. The van der Waals surface area contributed by atoms with Crippen molar-refractivity contribution in [2.75, 3.05) is 0 Å². The number of aryl methyl sites for hydroxylation is 1. The van der Waals surface area contributed by atoms with E-state index < -0.39 is 0 Å². The Morgan fingerprint density at radius 2 is 2.12 bits per heavy atom. The highest BCUT2D eigenvalue weighted by atomic mass is 79.9. The first-order valence-electron chi connectivity index (χ1n) is 5.03. The van der Waals surface area contributed by atoms with E-state index in [1.54, 1.807) is 18.7 Å². The first-order chi connectivity index (χ1) is 8.13. The predicted molar refractivity (Wildman–Crippen MR) is 70.9 cm³/mol. The first-order valence-corrected chi connectivity index (χ1v) is 6.62. The van der Waals surface area contributed by atoms with Crippen molar-refractivity contribution in [1.29, 1.82) is 0 Å². The van der Waals surface area contributed by atoms with E-state index in [-0.39, 0.29) is 5.56 Å². The summed E-state index contributed by atoms with van der Waals surface area (Å²) in [5.74, 6) is 0. The molecule has 0 amide bonds. The van der Waals surface area contributed by atoms with Crippen molar-refractivity contribution in [1.82, 2.24) is 19.3 Å². The number of hydrogen-bond donors (Lipinski definition) is 0. The van der Waals surface area contributed by atoms with Gasteiger partial charge in [0.2, 0.25) is 0 Å². The van der Waals surface area contributed by atoms with Crippen LogP contribution in [0.25, 0.3) is 0 Å². The van der Waals surface area contributed by atoms with Gasteiger partial charge in [0.05, 0.1) is 35.4 Å². The van der Waals surface area contributed by atoms with E-state index in [0.29, 0.717) is 15.5 Å². The van der Waals surface area contributed by atoms with Crippen molar-refractivity contribution in [3.05, 3.63) is 43.7 Å². The van der Waals surface area contributed by atoms with Crippen LogP contribution in [0.3, 0.4) is 0 Å². The predicted octanol–water partition coefficient (Wildman–Crippen LogP) is 2.03. The summed E-state index contributed by atoms with van der Waals surface area (Å²) in [5, 5.41) is 4.08. The number of halogens is 2. The molecule has 0 aliphatic heterocycles. The molecule has 2 heterocycles. The van der Waals surface area contributed by atoms with E-state index >= 15 is 0 Å². The fraction of sp³-hybridized carbons (Fsp3) is 0.300. The van der Waals surface area contributed by atoms with Crippen molar-refractivity contribution in [2.24, 2.45) is 0 Å². The maximum absolute atomic E-state index is 11.9. The molecule has 0 aliphatic rings. The van der Waals surface area contributed by atoms with Crippen molar-refractivity contribution in [2.45, 2.75) is 20.0 Å². The van der Waals surface area contributed by atoms with Crippen molar-refractivity contribution in [3.8, 4) is 0 Å². The molecule has 0 N–H and O–H groups in total. The molecule has 0 aliphatic carbocycles. The third-order valence-electron chi connectivity index (χ3n) is 2.39. The van der Waals surface area contributed by atoms with E-state index in [2.05, 4.69) is 41.9 Å². The van der Waals surface area contributed by atoms with Crippen LogP contribution in [0.1, 0.15) is 12.6 Å². The van der Waals surface area contributed by atoms with Gasteiger partial charge in [-0.15, -0.1) is 0 Å². The van der Waals surface area contributed by atoms with E-state index in [1.807, 2.05) is 11.5 Å². The molecule has 90 valence electrons. The third-order valence-corrected chi connectivity index (χ3v) is 4.29. The lowest BCUT2D eigenvalue weighted by atomic mass is 10.4. The summed E-state index contributed by atoms with van der Waals surface area (Å²) in [4.78, 5) is 16.0. The van der Waals surface area contributed by atoms with Crippen LogP contribution in [-0.4, -0.2) is 19.3 Å². The van der Waals surface area contributed by atoms with Gasteiger partial charge in [-0.05, 0) is 38.8 Å².